The standard InChI is InChI=1S/C18H21ClN2O4S.ClH/c1-26(23,24)10-9-25-17-8-7-14(19)11-16(17)21-18(22)12-15(20)13-5-3-2-4-6-13;/h2-8,11,15H,9-10,12,20H2,1H3,(H,21,22);1H. The molecular weight excluding hydrogens is 411 g/mol. The topological polar surface area (TPSA) is 98.5 Å². The van der Waals surface area contributed by atoms with E-state index in [1.54, 1.807) is 18.2 Å². The molecule has 6 nitrogen and oxygen atoms in total. The van der Waals surface area contributed by atoms with E-state index in [-0.39, 0.29) is 37.1 Å². The highest BCUT2D eigenvalue weighted by Crippen LogP contribution is 2.28. The molecule has 2 aromatic carbocycles. The van der Waals surface area contributed by atoms with Crippen LogP contribution in [-0.2, 0) is 14.6 Å². The first-order valence-corrected chi connectivity index (χ1v) is 10.4. The summed E-state index contributed by atoms with van der Waals surface area (Å²) in [6.07, 6.45) is 1.21. The van der Waals surface area contributed by atoms with Crippen molar-refractivity contribution in [3.8, 4) is 5.75 Å². The first-order chi connectivity index (χ1) is 12.2. The van der Waals surface area contributed by atoms with Gasteiger partial charge in [-0.05, 0) is 23.8 Å². The molecule has 0 saturated heterocycles. The van der Waals surface area contributed by atoms with Crippen LogP contribution in [0.4, 0.5) is 5.69 Å². The van der Waals surface area contributed by atoms with E-state index in [0.717, 1.165) is 11.8 Å². The highest BCUT2D eigenvalue weighted by atomic mass is 35.5. The maximum Gasteiger partial charge on any atom is 0.226 e. The predicted molar refractivity (Wildman–Crippen MR) is 111 cm³/mol. The van der Waals surface area contributed by atoms with Gasteiger partial charge in [-0.3, -0.25) is 4.79 Å². The van der Waals surface area contributed by atoms with Gasteiger partial charge in [0.05, 0.1) is 11.4 Å². The second-order valence-corrected chi connectivity index (χ2v) is 8.58. The molecule has 0 spiro atoms. The number of carbonyl (C=O) groups excluding carboxylic acids is 1. The highest BCUT2D eigenvalue weighted by Gasteiger charge is 2.14. The summed E-state index contributed by atoms with van der Waals surface area (Å²) < 4.78 is 27.9. The summed E-state index contributed by atoms with van der Waals surface area (Å²) in [7, 11) is -3.14. The van der Waals surface area contributed by atoms with Crippen molar-refractivity contribution < 1.29 is 17.9 Å². The van der Waals surface area contributed by atoms with Gasteiger partial charge in [0.1, 0.15) is 12.4 Å². The number of hydrogen-bond donors (Lipinski definition) is 2. The number of nitrogens with two attached hydrogens (primary N) is 1. The molecule has 1 atom stereocenters. The number of hydrogen-bond acceptors (Lipinski definition) is 5. The molecule has 0 fully saturated rings. The van der Waals surface area contributed by atoms with E-state index in [4.69, 9.17) is 22.1 Å². The lowest BCUT2D eigenvalue weighted by Crippen LogP contribution is -2.21. The van der Waals surface area contributed by atoms with Crippen LogP contribution >= 0.6 is 24.0 Å². The van der Waals surface area contributed by atoms with E-state index in [9.17, 15) is 13.2 Å². The number of halogens is 2. The Morgan fingerprint density at radius 1 is 1.22 bits per heavy atom. The van der Waals surface area contributed by atoms with Gasteiger partial charge < -0.3 is 15.8 Å². The minimum absolute atomic E-state index is 0. The van der Waals surface area contributed by atoms with E-state index >= 15 is 0 Å². The fraction of sp³-hybridized carbons (Fsp3) is 0.278. The van der Waals surface area contributed by atoms with E-state index in [1.807, 2.05) is 30.3 Å². The Morgan fingerprint density at radius 3 is 2.52 bits per heavy atom. The maximum absolute atomic E-state index is 12.3. The minimum atomic E-state index is -3.14. The molecule has 0 aliphatic rings. The Labute approximate surface area is 170 Å². The van der Waals surface area contributed by atoms with E-state index < -0.39 is 15.9 Å². The van der Waals surface area contributed by atoms with Crippen LogP contribution in [-0.4, -0.2) is 32.9 Å². The quantitative estimate of drug-likeness (QED) is 0.666. The van der Waals surface area contributed by atoms with Crippen LogP contribution in [0, 0.1) is 0 Å². The number of carbonyl (C=O) groups is 1. The highest BCUT2D eigenvalue weighted by molar-refractivity contribution is 7.90. The van der Waals surface area contributed by atoms with Crippen LogP contribution in [0.5, 0.6) is 5.75 Å². The Morgan fingerprint density at radius 2 is 1.89 bits per heavy atom. The number of nitrogens with one attached hydrogen (secondary N) is 1. The molecule has 0 aliphatic heterocycles. The van der Waals surface area contributed by atoms with Crippen molar-refractivity contribution in [2.75, 3.05) is 23.9 Å². The predicted octanol–water partition coefficient (Wildman–Crippen LogP) is 3.21. The molecule has 0 saturated carbocycles. The molecular formula is C18H22Cl2N2O4S. The van der Waals surface area contributed by atoms with Crippen molar-refractivity contribution in [3.05, 3.63) is 59.1 Å². The third kappa shape index (κ3) is 8.17. The molecule has 148 valence electrons. The smallest absolute Gasteiger partial charge is 0.226 e. The molecule has 2 rings (SSSR count). The van der Waals surface area contributed by atoms with Crippen LogP contribution in [0.2, 0.25) is 5.02 Å². The van der Waals surface area contributed by atoms with Crippen molar-refractivity contribution in [1.29, 1.82) is 0 Å². The molecule has 0 aliphatic carbocycles. The summed E-state index contributed by atoms with van der Waals surface area (Å²) in [6.45, 7) is -0.0210. The number of sulfone groups is 1. The molecule has 3 N–H and O–H groups in total. The second-order valence-electron chi connectivity index (χ2n) is 5.89. The van der Waals surface area contributed by atoms with Crippen LogP contribution < -0.4 is 15.8 Å². The summed E-state index contributed by atoms with van der Waals surface area (Å²) >= 11 is 5.98. The molecule has 27 heavy (non-hydrogen) atoms. The molecule has 0 bridgehead atoms. The average Bonchev–Trinajstić information content (AvgIpc) is 2.56. The molecule has 0 aromatic heterocycles. The number of rotatable bonds is 8. The number of ether oxygens (including phenoxy) is 1. The average molecular weight is 433 g/mol. The molecule has 2 aromatic rings. The SMILES string of the molecule is CS(=O)(=O)CCOc1ccc(Cl)cc1NC(=O)CC(N)c1ccccc1.Cl. The third-order valence-corrected chi connectivity index (χ3v) is 4.70. The van der Waals surface area contributed by atoms with Gasteiger partial charge >= 0.3 is 0 Å². The minimum Gasteiger partial charge on any atom is -0.490 e. The van der Waals surface area contributed by atoms with Crippen molar-refractivity contribution in [3.63, 3.8) is 0 Å². The van der Waals surface area contributed by atoms with Gasteiger partial charge in [0.25, 0.3) is 0 Å². The summed E-state index contributed by atoms with van der Waals surface area (Å²) in [5, 5.41) is 3.14. The zero-order valence-corrected chi connectivity index (χ0v) is 17.1. The summed E-state index contributed by atoms with van der Waals surface area (Å²) in [4.78, 5) is 12.3. The number of amides is 1. The Kier molecular flexibility index (Phi) is 9.05. The second kappa shape index (κ2) is 10.5. The number of benzene rings is 2. The van der Waals surface area contributed by atoms with Gasteiger partial charge in [0.2, 0.25) is 5.91 Å². The lowest BCUT2D eigenvalue weighted by Gasteiger charge is -2.15. The summed E-state index contributed by atoms with van der Waals surface area (Å²) in [5.74, 6) is -0.0710. The van der Waals surface area contributed by atoms with Crippen molar-refractivity contribution in [2.45, 2.75) is 12.5 Å². The van der Waals surface area contributed by atoms with Gasteiger partial charge in [-0.1, -0.05) is 41.9 Å². The van der Waals surface area contributed by atoms with Gasteiger partial charge in [-0.15, -0.1) is 12.4 Å². The molecule has 0 heterocycles. The van der Waals surface area contributed by atoms with E-state index in [2.05, 4.69) is 5.32 Å². The van der Waals surface area contributed by atoms with Crippen LogP contribution in [0.1, 0.15) is 18.0 Å². The number of anilines is 1. The fourth-order valence-corrected chi connectivity index (χ4v) is 2.81. The van der Waals surface area contributed by atoms with Crippen molar-refractivity contribution in [1.82, 2.24) is 0 Å². The summed E-state index contributed by atoms with van der Waals surface area (Å²) in [6, 6.07) is 13.6. The molecule has 0 radical (unpaired) electrons. The summed E-state index contributed by atoms with van der Waals surface area (Å²) in [5.41, 5.74) is 7.29. The van der Waals surface area contributed by atoms with E-state index in [0.29, 0.717) is 16.5 Å². The Balaban J connectivity index is 0.00000364. The third-order valence-electron chi connectivity index (χ3n) is 3.56. The normalized spacial score (nSPS) is 12.0. The van der Waals surface area contributed by atoms with Crippen LogP contribution in [0.25, 0.3) is 0 Å². The molecule has 9 heteroatoms. The Hall–Kier alpha value is -1.80. The lowest BCUT2D eigenvalue weighted by molar-refractivity contribution is -0.116. The zero-order chi connectivity index (χ0) is 19.2. The van der Waals surface area contributed by atoms with E-state index in [1.165, 1.54) is 0 Å². The van der Waals surface area contributed by atoms with Gasteiger partial charge in [0, 0.05) is 23.7 Å². The van der Waals surface area contributed by atoms with Gasteiger partial charge in [-0.25, -0.2) is 8.42 Å². The first-order valence-electron chi connectivity index (χ1n) is 7.95. The van der Waals surface area contributed by atoms with Crippen molar-refractivity contribution >= 4 is 45.4 Å². The fourth-order valence-electron chi connectivity index (χ4n) is 2.25. The van der Waals surface area contributed by atoms with Crippen LogP contribution in [0.3, 0.4) is 0 Å². The molecule has 1 amide bonds. The monoisotopic (exact) mass is 432 g/mol. The zero-order valence-electron chi connectivity index (χ0n) is 14.7. The lowest BCUT2D eigenvalue weighted by atomic mass is 10.0. The maximum atomic E-state index is 12.3. The Bertz CT molecular complexity index is 861. The van der Waals surface area contributed by atoms with Crippen molar-refractivity contribution in [2.24, 2.45) is 5.73 Å². The van der Waals surface area contributed by atoms with Gasteiger partial charge in [-0.2, -0.15) is 0 Å². The molecule has 1 unspecified atom stereocenters. The van der Waals surface area contributed by atoms with Crippen LogP contribution in [0.15, 0.2) is 48.5 Å². The first kappa shape index (κ1) is 23.2. The van der Waals surface area contributed by atoms with Gasteiger partial charge in [0.15, 0.2) is 9.84 Å². The largest absolute Gasteiger partial charge is 0.490 e.